The number of benzene rings is 1. The molecular formula is C14H12ClNO2. The van der Waals surface area contributed by atoms with Crippen LogP contribution in [-0.4, -0.2) is 15.9 Å². The van der Waals surface area contributed by atoms with E-state index in [-0.39, 0.29) is 18.0 Å². The third-order valence-electron chi connectivity index (χ3n) is 2.71. The van der Waals surface area contributed by atoms with Gasteiger partial charge in [-0.1, -0.05) is 11.6 Å². The summed E-state index contributed by atoms with van der Waals surface area (Å²) in [4.78, 5) is 15.8. The van der Waals surface area contributed by atoms with Gasteiger partial charge in [-0.05, 0) is 36.8 Å². The number of ketones is 1. The molecule has 0 aliphatic heterocycles. The molecule has 1 N–H and O–H groups in total. The number of rotatable bonds is 3. The van der Waals surface area contributed by atoms with Crippen LogP contribution in [0.2, 0.25) is 5.02 Å². The van der Waals surface area contributed by atoms with Gasteiger partial charge in [0, 0.05) is 35.0 Å². The number of aryl methyl sites for hydroxylation is 1. The Kier molecular flexibility index (Phi) is 3.63. The van der Waals surface area contributed by atoms with Crippen LogP contribution in [0.4, 0.5) is 0 Å². The van der Waals surface area contributed by atoms with E-state index in [2.05, 4.69) is 4.98 Å². The van der Waals surface area contributed by atoms with Crippen LogP contribution in [0.15, 0.2) is 36.7 Å². The molecule has 1 aromatic heterocycles. The lowest BCUT2D eigenvalue weighted by Crippen LogP contribution is -2.04. The zero-order valence-electron chi connectivity index (χ0n) is 9.85. The van der Waals surface area contributed by atoms with Gasteiger partial charge >= 0.3 is 0 Å². The molecule has 2 aromatic rings. The quantitative estimate of drug-likeness (QED) is 0.864. The van der Waals surface area contributed by atoms with Crippen LogP contribution >= 0.6 is 11.6 Å². The van der Waals surface area contributed by atoms with Crippen molar-refractivity contribution in [2.75, 3.05) is 0 Å². The smallest absolute Gasteiger partial charge is 0.167 e. The number of nitrogens with zero attached hydrogens (tertiary/aromatic N) is 1. The first-order chi connectivity index (χ1) is 8.58. The minimum Gasteiger partial charge on any atom is -0.508 e. The lowest BCUT2D eigenvalue weighted by molar-refractivity contribution is 0.0992. The molecule has 92 valence electrons. The molecule has 4 heteroatoms. The third-order valence-corrected chi connectivity index (χ3v) is 3.12. The monoisotopic (exact) mass is 261 g/mol. The Morgan fingerprint density at radius 3 is 2.67 bits per heavy atom. The normalized spacial score (nSPS) is 10.3. The predicted molar refractivity (Wildman–Crippen MR) is 70.1 cm³/mol. The minimum absolute atomic E-state index is 0.0763. The van der Waals surface area contributed by atoms with Gasteiger partial charge in [-0.3, -0.25) is 9.78 Å². The predicted octanol–water partition coefficient (Wildman–Crippen LogP) is 3.17. The van der Waals surface area contributed by atoms with Crippen LogP contribution in [0.5, 0.6) is 5.75 Å². The van der Waals surface area contributed by atoms with Crippen molar-refractivity contribution >= 4 is 17.4 Å². The Morgan fingerprint density at radius 2 is 2.00 bits per heavy atom. The number of carbonyl (C=O) groups is 1. The van der Waals surface area contributed by atoms with Gasteiger partial charge in [0.25, 0.3) is 0 Å². The molecule has 1 aromatic carbocycles. The number of phenols is 1. The number of carbonyl (C=O) groups excluding carboxylic acids is 1. The van der Waals surface area contributed by atoms with Crippen LogP contribution in [0.3, 0.4) is 0 Å². The summed E-state index contributed by atoms with van der Waals surface area (Å²) in [7, 11) is 0. The van der Waals surface area contributed by atoms with Crippen molar-refractivity contribution in [2.45, 2.75) is 13.3 Å². The Morgan fingerprint density at radius 1 is 1.33 bits per heavy atom. The van der Waals surface area contributed by atoms with Crippen LogP contribution in [-0.2, 0) is 6.42 Å². The molecule has 0 aliphatic carbocycles. The molecule has 0 amide bonds. The fourth-order valence-electron chi connectivity index (χ4n) is 1.66. The van der Waals surface area contributed by atoms with Crippen molar-refractivity contribution in [1.82, 2.24) is 4.98 Å². The summed E-state index contributed by atoms with van der Waals surface area (Å²) in [5.41, 5.74) is 1.89. The number of hydrogen-bond acceptors (Lipinski definition) is 3. The second kappa shape index (κ2) is 5.19. The first-order valence-corrected chi connectivity index (χ1v) is 5.87. The van der Waals surface area contributed by atoms with Crippen LogP contribution < -0.4 is 0 Å². The fourth-order valence-corrected chi connectivity index (χ4v) is 1.85. The summed E-state index contributed by atoms with van der Waals surface area (Å²) in [6, 6.07) is 6.49. The second-order valence-corrected chi connectivity index (χ2v) is 4.47. The van der Waals surface area contributed by atoms with Crippen LogP contribution in [0, 0.1) is 6.92 Å². The average molecular weight is 262 g/mol. The van der Waals surface area contributed by atoms with Crippen molar-refractivity contribution in [3.05, 3.63) is 58.4 Å². The number of halogens is 1. The third kappa shape index (κ3) is 2.68. The second-order valence-electron chi connectivity index (χ2n) is 4.07. The summed E-state index contributed by atoms with van der Waals surface area (Å²) in [5.74, 6) is 0.0203. The van der Waals surface area contributed by atoms with E-state index in [1.54, 1.807) is 43.6 Å². The van der Waals surface area contributed by atoms with Crippen molar-refractivity contribution in [1.29, 1.82) is 0 Å². The van der Waals surface area contributed by atoms with Crippen LogP contribution in [0.25, 0.3) is 0 Å². The number of aromatic nitrogens is 1. The summed E-state index contributed by atoms with van der Waals surface area (Å²) in [6.45, 7) is 1.80. The van der Waals surface area contributed by atoms with E-state index in [9.17, 15) is 9.90 Å². The Labute approximate surface area is 110 Å². The molecule has 0 radical (unpaired) electrons. The minimum atomic E-state index is -0.0763. The van der Waals surface area contributed by atoms with E-state index in [0.717, 1.165) is 5.56 Å². The van der Waals surface area contributed by atoms with E-state index >= 15 is 0 Å². The zero-order valence-corrected chi connectivity index (χ0v) is 10.6. The number of Topliss-reactive ketones (excluding diaryl/α,β-unsaturated/α-hetero) is 1. The van der Waals surface area contributed by atoms with Gasteiger partial charge in [0.15, 0.2) is 5.78 Å². The van der Waals surface area contributed by atoms with Gasteiger partial charge in [-0.25, -0.2) is 0 Å². The van der Waals surface area contributed by atoms with Crippen LogP contribution in [0.1, 0.15) is 21.5 Å². The maximum absolute atomic E-state index is 12.0. The molecule has 3 nitrogen and oxygen atoms in total. The van der Waals surface area contributed by atoms with Gasteiger partial charge in [0.2, 0.25) is 0 Å². The van der Waals surface area contributed by atoms with Gasteiger partial charge in [0.05, 0.1) is 0 Å². The number of hydrogen-bond donors (Lipinski definition) is 1. The molecule has 0 unspecified atom stereocenters. The van der Waals surface area contributed by atoms with E-state index in [4.69, 9.17) is 11.6 Å². The Bertz CT molecular complexity index is 582. The highest BCUT2D eigenvalue weighted by molar-refractivity contribution is 6.31. The highest BCUT2D eigenvalue weighted by atomic mass is 35.5. The lowest BCUT2D eigenvalue weighted by Gasteiger charge is -2.07. The molecule has 1 heterocycles. The molecule has 2 rings (SSSR count). The first kappa shape index (κ1) is 12.6. The summed E-state index contributed by atoms with van der Waals surface area (Å²) in [5, 5.41) is 10.3. The standard InChI is InChI=1S/C14H12ClNO2/c1-9-6-13(17)11(7-12(9)15)8-14(18)10-2-4-16-5-3-10/h2-7,17H,8H2,1H3. The topological polar surface area (TPSA) is 50.2 Å². The van der Waals surface area contributed by atoms with E-state index < -0.39 is 0 Å². The number of aromatic hydroxyl groups is 1. The summed E-state index contributed by atoms with van der Waals surface area (Å²) < 4.78 is 0. The molecule has 0 saturated carbocycles. The molecule has 0 fully saturated rings. The molecule has 0 saturated heterocycles. The van der Waals surface area contributed by atoms with Crippen molar-refractivity contribution < 1.29 is 9.90 Å². The molecule has 0 bridgehead atoms. The maximum Gasteiger partial charge on any atom is 0.167 e. The zero-order chi connectivity index (χ0) is 13.1. The number of phenolic OH excluding ortho intramolecular Hbond substituents is 1. The largest absolute Gasteiger partial charge is 0.508 e. The first-order valence-electron chi connectivity index (χ1n) is 5.49. The van der Waals surface area contributed by atoms with Crippen molar-refractivity contribution in [3.63, 3.8) is 0 Å². The van der Waals surface area contributed by atoms with Crippen molar-refractivity contribution in [2.24, 2.45) is 0 Å². The van der Waals surface area contributed by atoms with Gasteiger partial charge < -0.3 is 5.11 Å². The highest BCUT2D eigenvalue weighted by Gasteiger charge is 2.11. The number of pyridine rings is 1. The summed E-state index contributed by atoms with van der Waals surface area (Å²) in [6.07, 6.45) is 3.25. The van der Waals surface area contributed by atoms with E-state index in [1.165, 1.54) is 0 Å². The summed E-state index contributed by atoms with van der Waals surface area (Å²) >= 11 is 5.98. The molecule has 0 spiro atoms. The van der Waals surface area contributed by atoms with Crippen molar-refractivity contribution in [3.8, 4) is 5.75 Å². The van der Waals surface area contributed by atoms with Gasteiger partial charge in [0.1, 0.15) is 5.75 Å². The molecule has 18 heavy (non-hydrogen) atoms. The SMILES string of the molecule is Cc1cc(O)c(CC(=O)c2ccncc2)cc1Cl. The lowest BCUT2D eigenvalue weighted by atomic mass is 10.0. The average Bonchev–Trinajstić information content (AvgIpc) is 2.37. The molecular weight excluding hydrogens is 250 g/mol. The van der Waals surface area contributed by atoms with Gasteiger partial charge in [-0.2, -0.15) is 0 Å². The van der Waals surface area contributed by atoms with E-state index in [1.807, 2.05) is 0 Å². The fraction of sp³-hybridized carbons (Fsp3) is 0.143. The van der Waals surface area contributed by atoms with E-state index in [0.29, 0.717) is 16.1 Å². The molecule has 0 aliphatic rings. The Balaban J connectivity index is 2.25. The van der Waals surface area contributed by atoms with Gasteiger partial charge in [-0.15, -0.1) is 0 Å². The maximum atomic E-state index is 12.0. The Hall–Kier alpha value is -1.87. The highest BCUT2D eigenvalue weighted by Crippen LogP contribution is 2.26. The molecule has 0 atom stereocenters.